The van der Waals surface area contributed by atoms with Gasteiger partial charge in [-0.15, -0.1) is 0 Å². The van der Waals surface area contributed by atoms with Gasteiger partial charge in [0.15, 0.2) is 0 Å². The lowest BCUT2D eigenvalue weighted by molar-refractivity contribution is 1.57. The molecule has 0 N–H and O–H groups in total. The molecule has 0 aliphatic heterocycles. The van der Waals surface area contributed by atoms with E-state index >= 15 is 0 Å². The second-order valence-corrected chi connectivity index (χ2v) is 15.7. The molecular weight excluding hydrogens is 721 g/mol. The van der Waals surface area contributed by atoms with Crippen LogP contribution >= 0.6 is 0 Å². The molecule has 0 saturated heterocycles. The molecule has 0 aliphatic rings. The topological polar surface area (TPSA) is 0 Å². The van der Waals surface area contributed by atoms with Crippen LogP contribution in [0.4, 0.5) is 0 Å². The predicted octanol–water partition coefficient (Wildman–Crippen LogP) is 16.8. The van der Waals surface area contributed by atoms with Gasteiger partial charge in [-0.3, -0.25) is 0 Å². The highest BCUT2D eigenvalue weighted by molar-refractivity contribution is 6.22. The van der Waals surface area contributed by atoms with Crippen molar-refractivity contribution in [2.24, 2.45) is 0 Å². The van der Waals surface area contributed by atoms with Gasteiger partial charge in [0.05, 0.1) is 0 Å². The van der Waals surface area contributed by atoms with Crippen molar-refractivity contribution in [1.29, 1.82) is 0 Å². The van der Waals surface area contributed by atoms with E-state index in [0.717, 1.165) is 0 Å². The fourth-order valence-corrected chi connectivity index (χ4v) is 9.09. The van der Waals surface area contributed by atoms with Gasteiger partial charge in [-0.25, -0.2) is 0 Å². The molecule has 0 fully saturated rings. The Labute approximate surface area is 351 Å². The van der Waals surface area contributed by atoms with Gasteiger partial charge in [-0.05, 0) is 159 Å². The highest BCUT2D eigenvalue weighted by Gasteiger charge is 2.19. The lowest BCUT2D eigenvalue weighted by Crippen LogP contribution is -1.92. The molecule has 0 amide bonds. The zero-order valence-corrected chi connectivity index (χ0v) is 33.1. The van der Waals surface area contributed by atoms with E-state index in [-0.39, 0.29) is 0 Å². The van der Waals surface area contributed by atoms with Crippen LogP contribution in [0.1, 0.15) is 0 Å². The van der Waals surface area contributed by atoms with Crippen molar-refractivity contribution in [2.75, 3.05) is 0 Å². The smallest absolute Gasteiger partial charge is 0.00259 e. The van der Waals surface area contributed by atoms with Crippen molar-refractivity contribution in [1.82, 2.24) is 0 Å². The molecule has 0 heteroatoms. The maximum atomic E-state index is 2.40. The van der Waals surface area contributed by atoms with Crippen LogP contribution < -0.4 is 0 Å². The third-order valence-electron chi connectivity index (χ3n) is 12.0. The van der Waals surface area contributed by atoms with Crippen LogP contribution in [0.15, 0.2) is 243 Å². The maximum absolute atomic E-state index is 2.40. The summed E-state index contributed by atoms with van der Waals surface area (Å²) in [5.41, 5.74) is 17.0. The Kier molecular flexibility index (Phi) is 8.95. The standard InChI is InChI=1S/C60H40/c1-5-17-41(18-6-1)49-35-50(42-19-7-2-8-20-42)38-53(37-49)46-31-29-45-30-32-47(34-48(45)33-46)59-55-25-13-15-27-57(55)60(58-28-16-14-26-56(58)59)54-39-51(43-21-9-3-10-22-43)36-52(40-54)44-23-11-4-12-24-44/h1-40H. The first-order valence-corrected chi connectivity index (χ1v) is 20.7. The van der Waals surface area contributed by atoms with Gasteiger partial charge in [-0.2, -0.15) is 0 Å². The molecule has 0 saturated carbocycles. The molecule has 11 aromatic rings. The molecular formula is C60H40. The van der Waals surface area contributed by atoms with Gasteiger partial charge in [0.1, 0.15) is 0 Å². The average Bonchev–Trinajstić information content (AvgIpc) is 3.33. The summed E-state index contributed by atoms with van der Waals surface area (Å²) in [6.07, 6.45) is 0. The Balaban J connectivity index is 1.10. The SMILES string of the molecule is c1ccc(-c2cc(-c3ccccc3)cc(-c3ccc4ccc(-c5c6ccccc6c(-c6cc(-c7ccccc7)cc(-c7ccccc7)c6)c6ccccc56)cc4c3)c2)cc1. The summed E-state index contributed by atoms with van der Waals surface area (Å²) in [6.45, 7) is 0. The van der Waals surface area contributed by atoms with Gasteiger partial charge in [0.25, 0.3) is 0 Å². The van der Waals surface area contributed by atoms with Crippen LogP contribution in [0.2, 0.25) is 0 Å². The van der Waals surface area contributed by atoms with E-state index in [0.29, 0.717) is 0 Å². The molecule has 0 heterocycles. The number of benzene rings is 11. The van der Waals surface area contributed by atoms with Gasteiger partial charge in [0.2, 0.25) is 0 Å². The Morgan fingerprint density at radius 1 is 0.150 bits per heavy atom. The summed E-state index contributed by atoms with van der Waals surface area (Å²) in [7, 11) is 0. The summed E-state index contributed by atoms with van der Waals surface area (Å²) in [6, 6.07) is 88.9. The molecule has 0 nitrogen and oxygen atoms in total. The maximum Gasteiger partial charge on any atom is -0.00259 e. The fourth-order valence-electron chi connectivity index (χ4n) is 9.09. The number of hydrogen-bond donors (Lipinski definition) is 0. The minimum Gasteiger partial charge on any atom is -0.0622 e. The lowest BCUT2D eigenvalue weighted by atomic mass is 9.84. The van der Waals surface area contributed by atoms with Crippen molar-refractivity contribution in [3.8, 4) is 77.9 Å². The number of rotatable bonds is 7. The van der Waals surface area contributed by atoms with E-state index in [9.17, 15) is 0 Å². The van der Waals surface area contributed by atoms with Crippen LogP contribution in [0.3, 0.4) is 0 Å². The van der Waals surface area contributed by atoms with Gasteiger partial charge < -0.3 is 0 Å². The van der Waals surface area contributed by atoms with E-state index in [1.165, 1.54) is 110 Å². The molecule has 11 rings (SSSR count). The summed E-state index contributed by atoms with van der Waals surface area (Å²) in [5.74, 6) is 0. The van der Waals surface area contributed by atoms with Crippen LogP contribution in [0.5, 0.6) is 0 Å². The molecule has 60 heavy (non-hydrogen) atoms. The molecule has 0 radical (unpaired) electrons. The predicted molar refractivity (Wildman–Crippen MR) is 257 cm³/mol. The summed E-state index contributed by atoms with van der Waals surface area (Å²) < 4.78 is 0. The first-order valence-electron chi connectivity index (χ1n) is 20.7. The second-order valence-electron chi connectivity index (χ2n) is 15.7. The normalized spacial score (nSPS) is 11.3. The molecule has 0 atom stereocenters. The molecule has 0 spiro atoms. The summed E-state index contributed by atoms with van der Waals surface area (Å²) in [4.78, 5) is 0. The minimum absolute atomic E-state index is 1.20. The largest absolute Gasteiger partial charge is 0.0622 e. The first kappa shape index (κ1) is 35.4. The van der Waals surface area contributed by atoms with E-state index < -0.39 is 0 Å². The quantitative estimate of drug-likeness (QED) is 0.142. The van der Waals surface area contributed by atoms with Gasteiger partial charge >= 0.3 is 0 Å². The third kappa shape index (κ3) is 6.55. The van der Waals surface area contributed by atoms with Crippen LogP contribution in [-0.4, -0.2) is 0 Å². The molecule has 0 aromatic heterocycles. The van der Waals surface area contributed by atoms with Crippen molar-refractivity contribution >= 4 is 32.3 Å². The van der Waals surface area contributed by atoms with Crippen molar-refractivity contribution in [3.05, 3.63) is 243 Å². The van der Waals surface area contributed by atoms with Gasteiger partial charge in [-0.1, -0.05) is 194 Å². The van der Waals surface area contributed by atoms with Gasteiger partial charge in [0, 0.05) is 0 Å². The highest BCUT2D eigenvalue weighted by Crippen LogP contribution is 2.46. The second kappa shape index (κ2) is 15.2. The van der Waals surface area contributed by atoms with E-state index in [1.54, 1.807) is 0 Å². The van der Waals surface area contributed by atoms with Crippen molar-refractivity contribution in [2.45, 2.75) is 0 Å². The molecule has 0 aliphatic carbocycles. The van der Waals surface area contributed by atoms with E-state index in [4.69, 9.17) is 0 Å². The van der Waals surface area contributed by atoms with E-state index in [1.807, 2.05) is 0 Å². The zero-order chi connectivity index (χ0) is 39.8. The Hall–Kier alpha value is -7.80. The molecule has 0 unspecified atom stereocenters. The molecule has 0 bridgehead atoms. The average molecular weight is 761 g/mol. The molecule has 280 valence electrons. The number of fused-ring (bicyclic) bond motifs is 3. The Morgan fingerprint density at radius 2 is 0.433 bits per heavy atom. The van der Waals surface area contributed by atoms with Crippen LogP contribution in [0, 0.1) is 0 Å². The highest BCUT2D eigenvalue weighted by atomic mass is 14.2. The van der Waals surface area contributed by atoms with Crippen molar-refractivity contribution < 1.29 is 0 Å². The monoisotopic (exact) mass is 760 g/mol. The summed E-state index contributed by atoms with van der Waals surface area (Å²) in [5, 5.41) is 7.43. The lowest BCUT2D eigenvalue weighted by Gasteiger charge is -2.19. The number of hydrogen-bond acceptors (Lipinski definition) is 0. The van der Waals surface area contributed by atoms with E-state index in [2.05, 4.69) is 243 Å². The first-order chi connectivity index (χ1) is 29.7. The summed E-state index contributed by atoms with van der Waals surface area (Å²) >= 11 is 0. The van der Waals surface area contributed by atoms with Crippen LogP contribution in [-0.2, 0) is 0 Å². The Bertz CT molecular complexity index is 3150. The van der Waals surface area contributed by atoms with Crippen molar-refractivity contribution in [3.63, 3.8) is 0 Å². The zero-order valence-electron chi connectivity index (χ0n) is 33.1. The Morgan fingerprint density at radius 3 is 0.817 bits per heavy atom. The minimum atomic E-state index is 1.20. The third-order valence-corrected chi connectivity index (χ3v) is 12.0. The fraction of sp³-hybridized carbons (Fsp3) is 0. The molecule has 11 aromatic carbocycles. The van der Waals surface area contributed by atoms with Crippen LogP contribution in [0.25, 0.3) is 110 Å².